The van der Waals surface area contributed by atoms with Gasteiger partial charge in [-0.2, -0.15) is 5.26 Å². The number of guanidine groups is 1. The van der Waals surface area contributed by atoms with E-state index in [1.807, 2.05) is 36.2 Å². The van der Waals surface area contributed by atoms with Crippen molar-refractivity contribution < 1.29 is 13.9 Å². The van der Waals surface area contributed by atoms with Gasteiger partial charge in [0.25, 0.3) is 0 Å². The Balaban J connectivity index is 0.00000420. The minimum Gasteiger partial charge on any atom is -0.493 e. The van der Waals surface area contributed by atoms with Gasteiger partial charge >= 0.3 is 0 Å². The van der Waals surface area contributed by atoms with E-state index in [9.17, 15) is 4.39 Å². The van der Waals surface area contributed by atoms with Crippen LogP contribution in [0, 0.1) is 17.1 Å². The Morgan fingerprint density at radius 3 is 2.52 bits per heavy atom. The van der Waals surface area contributed by atoms with Crippen LogP contribution < -0.4 is 14.8 Å². The fourth-order valence-corrected chi connectivity index (χ4v) is 2.78. The predicted molar refractivity (Wildman–Crippen MR) is 123 cm³/mol. The molecule has 0 atom stereocenters. The number of aliphatic imine (C=N–C) groups is 1. The van der Waals surface area contributed by atoms with Crippen molar-refractivity contribution in [1.29, 1.82) is 5.26 Å². The number of hydrogen-bond acceptors (Lipinski definition) is 4. The normalized spacial score (nSPS) is 10.6. The predicted octanol–water partition coefficient (Wildman–Crippen LogP) is 3.58. The SMILES string of the molecule is CN=C(NCc1cc(C#N)ccc1F)N(C)CCc1ccc(OC)c(OC)c1.I. The molecule has 2 aromatic carbocycles. The standard InChI is InChI=1S/C21H25FN4O2.HI/c1-24-21(25-14-17-11-16(13-23)5-7-18(17)22)26(2)10-9-15-6-8-19(27-3)20(12-15)28-4;/h5-8,11-12H,9-10,14H2,1-4H3,(H,24,25);1H. The van der Waals surface area contributed by atoms with Gasteiger partial charge < -0.3 is 19.7 Å². The summed E-state index contributed by atoms with van der Waals surface area (Å²) in [5, 5.41) is 12.1. The Morgan fingerprint density at radius 1 is 1.17 bits per heavy atom. The number of halogens is 2. The van der Waals surface area contributed by atoms with Crippen LogP contribution in [0.25, 0.3) is 0 Å². The first-order chi connectivity index (χ1) is 13.5. The molecule has 0 aliphatic carbocycles. The molecule has 0 saturated heterocycles. The lowest BCUT2D eigenvalue weighted by molar-refractivity contribution is 0.354. The number of ether oxygens (including phenoxy) is 2. The number of hydrogen-bond donors (Lipinski definition) is 1. The first-order valence-electron chi connectivity index (χ1n) is 8.83. The zero-order valence-electron chi connectivity index (χ0n) is 17.0. The Morgan fingerprint density at radius 2 is 1.90 bits per heavy atom. The fourth-order valence-electron chi connectivity index (χ4n) is 2.78. The van der Waals surface area contributed by atoms with Crippen LogP contribution in [0.4, 0.5) is 4.39 Å². The zero-order chi connectivity index (χ0) is 20.5. The van der Waals surface area contributed by atoms with Crippen LogP contribution in [-0.4, -0.2) is 45.7 Å². The molecule has 0 saturated carbocycles. The zero-order valence-corrected chi connectivity index (χ0v) is 19.4. The summed E-state index contributed by atoms with van der Waals surface area (Å²) in [6.07, 6.45) is 0.774. The van der Waals surface area contributed by atoms with Gasteiger partial charge in [-0.15, -0.1) is 24.0 Å². The van der Waals surface area contributed by atoms with Crippen molar-refractivity contribution in [3.05, 3.63) is 58.9 Å². The first-order valence-corrected chi connectivity index (χ1v) is 8.83. The van der Waals surface area contributed by atoms with Crippen LogP contribution in [0.2, 0.25) is 0 Å². The van der Waals surface area contributed by atoms with Crippen LogP contribution in [0.15, 0.2) is 41.4 Å². The van der Waals surface area contributed by atoms with E-state index in [1.165, 1.54) is 12.1 Å². The second-order valence-corrected chi connectivity index (χ2v) is 6.18. The third kappa shape index (κ3) is 6.78. The van der Waals surface area contributed by atoms with Crippen molar-refractivity contribution in [3.63, 3.8) is 0 Å². The molecule has 29 heavy (non-hydrogen) atoms. The molecule has 0 unspecified atom stereocenters. The summed E-state index contributed by atoms with van der Waals surface area (Å²) in [5.41, 5.74) is 1.95. The van der Waals surface area contributed by atoms with Gasteiger partial charge in [-0.1, -0.05) is 6.07 Å². The highest BCUT2D eigenvalue weighted by Gasteiger charge is 2.10. The summed E-state index contributed by atoms with van der Waals surface area (Å²) in [6, 6.07) is 12.2. The minimum absolute atomic E-state index is 0. The summed E-state index contributed by atoms with van der Waals surface area (Å²) < 4.78 is 24.5. The van der Waals surface area contributed by atoms with Crippen molar-refractivity contribution >= 4 is 29.9 Å². The number of likely N-dealkylation sites (N-methyl/N-ethyl adjacent to an activating group) is 1. The van der Waals surface area contributed by atoms with E-state index in [-0.39, 0.29) is 36.3 Å². The second-order valence-electron chi connectivity index (χ2n) is 6.18. The molecule has 6 nitrogen and oxygen atoms in total. The van der Waals surface area contributed by atoms with Crippen LogP contribution in [0.3, 0.4) is 0 Å². The van der Waals surface area contributed by atoms with E-state index in [0.717, 1.165) is 12.0 Å². The Labute approximate surface area is 188 Å². The van der Waals surface area contributed by atoms with Gasteiger partial charge in [-0.25, -0.2) is 4.39 Å². The molecule has 0 aliphatic rings. The van der Waals surface area contributed by atoms with Gasteiger partial charge in [-0.05, 0) is 42.3 Å². The molecular weight excluding hydrogens is 486 g/mol. The quantitative estimate of drug-likeness (QED) is 0.349. The van der Waals surface area contributed by atoms with Crippen molar-refractivity contribution in [2.75, 3.05) is 34.9 Å². The van der Waals surface area contributed by atoms with Crippen molar-refractivity contribution in [1.82, 2.24) is 10.2 Å². The van der Waals surface area contributed by atoms with E-state index in [1.54, 1.807) is 27.3 Å². The number of benzene rings is 2. The maximum absolute atomic E-state index is 13.9. The van der Waals surface area contributed by atoms with Crippen LogP contribution in [0.5, 0.6) is 11.5 Å². The minimum atomic E-state index is -0.352. The molecule has 156 valence electrons. The molecule has 0 amide bonds. The largest absolute Gasteiger partial charge is 0.493 e. The molecular formula is C21H26FIN4O2. The maximum atomic E-state index is 13.9. The van der Waals surface area contributed by atoms with Gasteiger partial charge in [0.15, 0.2) is 17.5 Å². The molecule has 8 heteroatoms. The number of nitrogens with one attached hydrogen (secondary N) is 1. The summed E-state index contributed by atoms with van der Waals surface area (Å²) in [7, 11) is 6.81. The highest BCUT2D eigenvalue weighted by atomic mass is 127. The third-order valence-electron chi connectivity index (χ3n) is 4.37. The average Bonchev–Trinajstić information content (AvgIpc) is 2.73. The molecule has 0 aromatic heterocycles. The number of nitrogens with zero attached hydrogens (tertiary/aromatic N) is 3. The summed E-state index contributed by atoms with van der Waals surface area (Å²) in [5.74, 6) is 1.67. The molecule has 2 rings (SSSR count). The molecule has 0 radical (unpaired) electrons. The molecule has 0 fully saturated rings. The van der Waals surface area contributed by atoms with Crippen molar-refractivity contribution in [2.45, 2.75) is 13.0 Å². The first kappa shape index (κ1) is 24.5. The number of nitriles is 1. The fraction of sp³-hybridized carbons (Fsp3) is 0.333. The highest BCUT2D eigenvalue weighted by molar-refractivity contribution is 14.0. The third-order valence-corrected chi connectivity index (χ3v) is 4.37. The van der Waals surface area contributed by atoms with E-state index < -0.39 is 0 Å². The summed E-state index contributed by atoms with van der Waals surface area (Å²) >= 11 is 0. The molecule has 0 spiro atoms. The van der Waals surface area contributed by atoms with E-state index in [2.05, 4.69) is 10.3 Å². The van der Waals surface area contributed by atoms with E-state index in [4.69, 9.17) is 14.7 Å². The van der Waals surface area contributed by atoms with E-state index in [0.29, 0.717) is 35.1 Å². The Bertz CT molecular complexity index is 883. The van der Waals surface area contributed by atoms with Crippen LogP contribution in [0.1, 0.15) is 16.7 Å². The molecule has 0 bridgehead atoms. The monoisotopic (exact) mass is 512 g/mol. The summed E-state index contributed by atoms with van der Waals surface area (Å²) in [4.78, 5) is 6.21. The molecule has 1 N–H and O–H groups in total. The van der Waals surface area contributed by atoms with Crippen LogP contribution >= 0.6 is 24.0 Å². The Hall–Kier alpha value is -2.54. The van der Waals surface area contributed by atoms with Gasteiger partial charge in [0.2, 0.25) is 0 Å². The number of rotatable bonds is 7. The number of methoxy groups -OCH3 is 2. The van der Waals surface area contributed by atoms with Gasteiger partial charge in [0, 0.05) is 32.7 Å². The topological polar surface area (TPSA) is 69.9 Å². The van der Waals surface area contributed by atoms with Gasteiger partial charge in [0.05, 0.1) is 25.9 Å². The Kier molecular flexibility index (Phi) is 10.2. The smallest absolute Gasteiger partial charge is 0.193 e. The van der Waals surface area contributed by atoms with E-state index >= 15 is 0 Å². The average molecular weight is 512 g/mol. The maximum Gasteiger partial charge on any atom is 0.193 e. The molecule has 2 aromatic rings. The highest BCUT2D eigenvalue weighted by Crippen LogP contribution is 2.27. The van der Waals surface area contributed by atoms with Crippen molar-refractivity contribution in [2.24, 2.45) is 4.99 Å². The van der Waals surface area contributed by atoms with Gasteiger partial charge in [-0.3, -0.25) is 4.99 Å². The van der Waals surface area contributed by atoms with Crippen molar-refractivity contribution in [3.8, 4) is 17.6 Å². The summed E-state index contributed by atoms with van der Waals surface area (Å²) in [6.45, 7) is 0.949. The lowest BCUT2D eigenvalue weighted by Gasteiger charge is -2.22. The van der Waals surface area contributed by atoms with Crippen LogP contribution in [-0.2, 0) is 13.0 Å². The molecule has 0 heterocycles. The lowest BCUT2D eigenvalue weighted by atomic mass is 10.1. The second kappa shape index (κ2) is 12.1. The van der Waals surface area contributed by atoms with Gasteiger partial charge in [0.1, 0.15) is 5.82 Å². The molecule has 0 aliphatic heterocycles. The lowest BCUT2D eigenvalue weighted by Crippen LogP contribution is -2.39.